The van der Waals surface area contributed by atoms with E-state index >= 15 is 0 Å². The van der Waals surface area contributed by atoms with Gasteiger partial charge in [0.15, 0.2) is 0 Å². The van der Waals surface area contributed by atoms with E-state index in [2.05, 4.69) is 6.07 Å². The predicted octanol–water partition coefficient (Wildman–Crippen LogP) is 4.12. The molecule has 0 saturated heterocycles. The van der Waals surface area contributed by atoms with E-state index < -0.39 is 11.7 Å². The van der Waals surface area contributed by atoms with Gasteiger partial charge < -0.3 is 14.4 Å². The molecule has 1 aliphatic rings. The number of fused-ring (bicyclic) bond motifs is 1. The molecule has 2 rings (SSSR count). The van der Waals surface area contributed by atoms with Gasteiger partial charge in [-0.25, -0.2) is 9.59 Å². The van der Waals surface area contributed by atoms with Crippen molar-refractivity contribution in [2.24, 2.45) is 0 Å². The van der Waals surface area contributed by atoms with Crippen molar-refractivity contribution in [2.45, 2.75) is 59.1 Å². The molecular formula is C21H29NO4. The normalized spacial score (nSPS) is 18.2. The molecule has 1 atom stereocenters. The molecule has 0 aliphatic heterocycles. The summed E-state index contributed by atoms with van der Waals surface area (Å²) in [4.78, 5) is 26.3. The molecule has 1 aliphatic carbocycles. The topological polar surface area (TPSA) is 55.8 Å². The average molecular weight is 359 g/mol. The molecule has 5 nitrogen and oxygen atoms in total. The second kappa shape index (κ2) is 7.94. The highest BCUT2D eigenvalue weighted by Gasteiger charge is 2.33. The molecule has 0 bridgehead atoms. The molecule has 1 aromatic rings. The van der Waals surface area contributed by atoms with Crippen molar-refractivity contribution in [3.63, 3.8) is 0 Å². The third-order valence-corrected chi connectivity index (χ3v) is 4.40. The molecule has 26 heavy (non-hydrogen) atoms. The van der Waals surface area contributed by atoms with Gasteiger partial charge >= 0.3 is 12.1 Å². The van der Waals surface area contributed by atoms with Gasteiger partial charge in [-0.15, -0.1) is 0 Å². The zero-order chi connectivity index (χ0) is 19.5. The summed E-state index contributed by atoms with van der Waals surface area (Å²) in [6.07, 6.45) is 2.71. The first-order valence-corrected chi connectivity index (χ1v) is 9.07. The molecule has 0 saturated carbocycles. The lowest BCUT2D eigenvalue weighted by molar-refractivity contribution is -0.137. The van der Waals surface area contributed by atoms with Gasteiger partial charge in [0.25, 0.3) is 0 Å². The van der Waals surface area contributed by atoms with Crippen LogP contribution < -0.4 is 0 Å². The minimum absolute atomic E-state index is 0.233. The van der Waals surface area contributed by atoms with Crippen LogP contribution in [0.4, 0.5) is 4.79 Å². The van der Waals surface area contributed by atoms with E-state index in [1.165, 1.54) is 11.6 Å². The SMILES string of the molecule is CCOC(=O)/C=C1/c2c(C)cccc2CCC1N(C)C(=O)OC(C)(C)C. The lowest BCUT2D eigenvalue weighted by Crippen LogP contribution is -2.43. The van der Waals surface area contributed by atoms with Crippen molar-refractivity contribution in [1.82, 2.24) is 4.90 Å². The van der Waals surface area contributed by atoms with Gasteiger partial charge in [-0.2, -0.15) is 0 Å². The highest BCUT2D eigenvalue weighted by atomic mass is 16.6. The van der Waals surface area contributed by atoms with Crippen LogP contribution >= 0.6 is 0 Å². The first kappa shape index (κ1) is 20.0. The number of hydrogen-bond donors (Lipinski definition) is 0. The molecule has 1 aromatic carbocycles. The second-order valence-electron chi connectivity index (χ2n) is 7.61. The number of carbonyl (C=O) groups excluding carboxylic acids is 2. The predicted molar refractivity (Wildman–Crippen MR) is 102 cm³/mol. The largest absolute Gasteiger partial charge is 0.463 e. The summed E-state index contributed by atoms with van der Waals surface area (Å²) in [6.45, 7) is 9.64. The second-order valence-corrected chi connectivity index (χ2v) is 7.61. The highest BCUT2D eigenvalue weighted by Crippen LogP contribution is 2.36. The minimum atomic E-state index is -0.571. The van der Waals surface area contributed by atoms with Crippen LogP contribution in [0.15, 0.2) is 24.3 Å². The number of ether oxygens (including phenoxy) is 2. The zero-order valence-electron chi connectivity index (χ0n) is 16.6. The number of likely N-dealkylation sites (N-methyl/N-ethyl adjacent to an activating group) is 1. The van der Waals surface area contributed by atoms with Crippen LogP contribution in [0.5, 0.6) is 0 Å². The molecule has 1 unspecified atom stereocenters. The summed E-state index contributed by atoms with van der Waals surface area (Å²) in [5.74, 6) is -0.388. The smallest absolute Gasteiger partial charge is 0.410 e. The summed E-state index contributed by atoms with van der Waals surface area (Å²) in [5, 5.41) is 0. The van der Waals surface area contributed by atoms with E-state index in [0.29, 0.717) is 6.61 Å². The van der Waals surface area contributed by atoms with Gasteiger partial charge in [-0.3, -0.25) is 0 Å². The molecule has 0 spiro atoms. The van der Waals surface area contributed by atoms with E-state index in [9.17, 15) is 9.59 Å². The molecule has 5 heteroatoms. The fourth-order valence-corrected chi connectivity index (χ4v) is 3.31. The third-order valence-electron chi connectivity index (χ3n) is 4.40. The van der Waals surface area contributed by atoms with E-state index in [-0.39, 0.29) is 12.0 Å². The maximum atomic E-state index is 12.6. The quantitative estimate of drug-likeness (QED) is 0.602. The molecular weight excluding hydrogens is 330 g/mol. The van der Waals surface area contributed by atoms with Gasteiger partial charge in [0.05, 0.1) is 12.6 Å². The fraction of sp³-hybridized carbons (Fsp3) is 0.524. The van der Waals surface area contributed by atoms with E-state index in [1.54, 1.807) is 18.9 Å². The van der Waals surface area contributed by atoms with Crippen LogP contribution in [0, 0.1) is 6.92 Å². The molecule has 0 heterocycles. The van der Waals surface area contributed by atoms with Crippen molar-refractivity contribution in [3.05, 3.63) is 41.0 Å². The van der Waals surface area contributed by atoms with Gasteiger partial charge in [-0.05, 0) is 69.7 Å². The van der Waals surface area contributed by atoms with Crippen molar-refractivity contribution < 1.29 is 19.1 Å². The summed E-state index contributed by atoms with van der Waals surface area (Å²) in [7, 11) is 1.72. The van der Waals surface area contributed by atoms with Gasteiger partial charge in [0.1, 0.15) is 5.60 Å². The highest BCUT2D eigenvalue weighted by molar-refractivity contribution is 5.94. The number of esters is 1. The lowest BCUT2D eigenvalue weighted by atomic mass is 9.80. The maximum absolute atomic E-state index is 12.6. The average Bonchev–Trinajstić information content (AvgIpc) is 2.53. The third kappa shape index (κ3) is 4.65. The Labute approximate surface area is 156 Å². The molecule has 142 valence electrons. The zero-order valence-corrected chi connectivity index (χ0v) is 16.6. The van der Waals surface area contributed by atoms with E-state index in [1.807, 2.05) is 39.8 Å². The Morgan fingerprint density at radius 3 is 2.62 bits per heavy atom. The van der Waals surface area contributed by atoms with Crippen molar-refractivity contribution in [1.29, 1.82) is 0 Å². The summed E-state index contributed by atoms with van der Waals surface area (Å²) < 4.78 is 10.6. The Morgan fingerprint density at radius 2 is 2.00 bits per heavy atom. The molecule has 0 fully saturated rings. The van der Waals surface area contributed by atoms with Crippen molar-refractivity contribution >= 4 is 17.6 Å². The Bertz CT molecular complexity index is 715. The molecule has 0 radical (unpaired) electrons. The van der Waals surface area contributed by atoms with Gasteiger partial charge in [0.2, 0.25) is 0 Å². The Balaban J connectivity index is 2.43. The van der Waals surface area contributed by atoms with Crippen molar-refractivity contribution in [2.75, 3.05) is 13.7 Å². The number of benzene rings is 1. The Hall–Kier alpha value is -2.30. The van der Waals surface area contributed by atoms with Crippen LogP contribution in [0.1, 0.15) is 50.8 Å². The number of hydrogen-bond acceptors (Lipinski definition) is 4. The van der Waals surface area contributed by atoms with Crippen molar-refractivity contribution in [3.8, 4) is 0 Å². The Kier molecular flexibility index (Phi) is 6.11. The summed E-state index contributed by atoms with van der Waals surface area (Å²) in [6, 6.07) is 5.88. The first-order chi connectivity index (χ1) is 12.1. The van der Waals surface area contributed by atoms with Gasteiger partial charge in [-0.1, -0.05) is 18.2 Å². The van der Waals surface area contributed by atoms with Crippen LogP contribution in [0.25, 0.3) is 5.57 Å². The minimum Gasteiger partial charge on any atom is -0.463 e. The molecule has 0 N–H and O–H groups in total. The number of rotatable bonds is 3. The Morgan fingerprint density at radius 1 is 1.31 bits per heavy atom. The molecule has 0 aromatic heterocycles. The van der Waals surface area contributed by atoms with E-state index in [4.69, 9.17) is 9.47 Å². The van der Waals surface area contributed by atoms with E-state index in [0.717, 1.165) is 29.5 Å². The fourth-order valence-electron chi connectivity index (χ4n) is 3.31. The summed E-state index contributed by atoms with van der Waals surface area (Å²) in [5.41, 5.74) is 3.55. The number of carbonyl (C=O) groups is 2. The van der Waals surface area contributed by atoms with Gasteiger partial charge in [0, 0.05) is 13.1 Å². The lowest BCUT2D eigenvalue weighted by Gasteiger charge is -2.36. The van der Waals surface area contributed by atoms with Crippen LogP contribution in [-0.4, -0.2) is 42.3 Å². The first-order valence-electron chi connectivity index (χ1n) is 9.07. The number of nitrogens with zero attached hydrogens (tertiary/aromatic N) is 1. The monoisotopic (exact) mass is 359 g/mol. The summed E-state index contributed by atoms with van der Waals surface area (Å²) >= 11 is 0. The van der Waals surface area contributed by atoms with Crippen LogP contribution in [0.3, 0.4) is 0 Å². The standard InChI is InChI=1S/C21H29NO4/c1-7-25-18(23)13-16-17(22(6)20(24)26-21(3,4)5)12-11-15-10-8-9-14(2)19(15)16/h8-10,13,17H,7,11-12H2,1-6H3/b16-13+. The number of aryl methyl sites for hydroxylation is 2. The van der Waals surface area contributed by atoms with Crippen LogP contribution in [0.2, 0.25) is 0 Å². The van der Waals surface area contributed by atoms with Crippen LogP contribution in [-0.2, 0) is 20.7 Å². The number of amides is 1. The maximum Gasteiger partial charge on any atom is 0.410 e. The molecule has 1 amide bonds.